The number of halogens is 4. The number of imidazole rings is 2. The molecule has 0 fully saturated rings. The Labute approximate surface area is 159 Å². The Balaban J connectivity index is 0.000000593. The zero-order chi connectivity index (χ0) is 18.1. The molecule has 0 N–H and O–H groups in total. The molecule has 0 saturated carbocycles. The van der Waals surface area contributed by atoms with E-state index in [1.807, 2.05) is 46.5 Å². The molecule has 0 amide bonds. The van der Waals surface area contributed by atoms with Gasteiger partial charge in [-0.3, -0.25) is 0 Å². The van der Waals surface area contributed by atoms with Gasteiger partial charge in [-0.2, -0.15) is 0 Å². The fourth-order valence-corrected chi connectivity index (χ4v) is 5.79. The summed E-state index contributed by atoms with van der Waals surface area (Å²) >= 11 is 24.2. The summed E-state index contributed by atoms with van der Waals surface area (Å²) < 4.78 is 9.67. The number of aromatic nitrogens is 4. The SMILES string of the molecule is Cn1c(Cl)c(Cl)n(C)[c]1=[Au+]=[c]1n(C)c(Cl)c(Cl)n1C.O=[N+]([O-])[O-]. The maximum absolute atomic E-state index is 8.25. The van der Waals surface area contributed by atoms with Gasteiger partial charge in [-0.25, -0.2) is 0 Å². The Hall–Kier alpha value is -0.480. The smallest absolute Gasteiger partial charge is 0.0689 e. The summed E-state index contributed by atoms with van der Waals surface area (Å²) in [6, 6.07) is 0. The van der Waals surface area contributed by atoms with Crippen LogP contribution < -0.4 is 0 Å². The van der Waals surface area contributed by atoms with Crippen molar-refractivity contribution in [2.75, 3.05) is 0 Å². The van der Waals surface area contributed by atoms with Crippen LogP contribution in [-0.4, -0.2) is 23.4 Å². The van der Waals surface area contributed by atoms with Gasteiger partial charge < -0.3 is 15.3 Å². The van der Waals surface area contributed by atoms with Gasteiger partial charge in [-0.15, -0.1) is 0 Å². The van der Waals surface area contributed by atoms with Crippen LogP contribution in [-0.2, 0) is 47.0 Å². The predicted octanol–water partition coefficient (Wildman–Crippen LogP) is 3.26. The molecule has 0 bridgehead atoms. The van der Waals surface area contributed by atoms with E-state index in [-0.39, 0.29) is 0 Å². The van der Waals surface area contributed by atoms with Crippen molar-refractivity contribution in [1.82, 2.24) is 18.3 Å². The molecule has 0 aliphatic rings. The topological polar surface area (TPSA) is 85.9 Å². The first-order chi connectivity index (χ1) is 10.5. The largest absolute Gasteiger partial charge is 0.356 e. The van der Waals surface area contributed by atoms with Crippen LogP contribution in [0.4, 0.5) is 0 Å². The average Bonchev–Trinajstić information content (AvgIpc) is 2.76. The zero-order valence-corrected chi connectivity index (χ0v) is 17.5. The van der Waals surface area contributed by atoms with Crippen molar-refractivity contribution < 1.29 is 23.9 Å². The molecule has 0 aromatic carbocycles. The van der Waals surface area contributed by atoms with Gasteiger partial charge in [0.1, 0.15) is 0 Å². The van der Waals surface area contributed by atoms with Gasteiger partial charge in [-0.1, -0.05) is 0 Å². The van der Waals surface area contributed by atoms with Crippen molar-refractivity contribution in [3.05, 3.63) is 43.2 Å². The van der Waals surface area contributed by atoms with Crippen molar-refractivity contribution in [2.24, 2.45) is 28.2 Å². The molecule has 8 nitrogen and oxygen atoms in total. The van der Waals surface area contributed by atoms with E-state index in [2.05, 4.69) is 0 Å². The molecule has 23 heavy (non-hydrogen) atoms. The van der Waals surface area contributed by atoms with Gasteiger partial charge in [-0.05, 0) is 0 Å². The van der Waals surface area contributed by atoms with Gasteiger partial charge in [0.05, 0.1) is 5.09 Å². The third kappa shape index (κ3) is 4.33. The maximum Gasteiger partial charge on any atom is 0.0689 e. The van der Waals surface area contributed by atoms with E-state index in [0.29, 0.717) is 20.6 Å². The van der Waals surface area contributed by atoms with E-state index < -0.39 is 23.9 Å². The summed E-state index contributed by atoms with van der Waals surface area (Å²) in [6.07, 6.45) is 0. The van der Waals surface area contributed by atoms with Crippen molar-refractivity contribution in [3.8, 4) is 0 Å². The quantitative estimate of drug-likeness (QED) is 0.269. The Kier molecular flexibility index (Phi) is 7.21. The van der Waals surface area contributed by atoms with Gasteiger partial charge in [0.15, 0.2) is 0 Å². The molecule has 0 atom stereocenters. The Morgan fingerprint density at radius 3 is 1.09 bits per heavy atom. The van der Waals surface area contributed by atoms with Gasteiger partial charge in [0, 0.05) is 0 Å². The summed E-state index contributed by atoms with van der Waals surface area (Å²) in [6.45, 7) is 0. The zero-order valence-electron chi connectivity index (χ0n) is 12.3. The van der Waals surface area contributed by atoms with Gasteiger partial charge in [0.25, 0.3) is 0 Å². The summed E-state index contributed by atoms with van der Waals surface area (Å²) in [5, 5.41) is 16.9. The minimum absolute atomic E-state index is 0.403. The van der Waals surface area contributed by atoms with Crippen LogP contribution in [0.25, 0.3) is 0 Å². The molecular weight excluding hydrogens is 577 g/mol. The monoisotopic (exact) mass is 587 g/mol. The normalized spacial score (nSPS) is 10.6. The van der Waals surface area contributed by atoms with E-state index >= 15 is 0 Å². The number of hydrogen-bond acceptors (Lipinski definition) is 3. The first-order valence-electron chi connectivity index (χ1n) is 5.68. The molecule has 13 heteroatoms. The minimum Gasteiger partial charge on any atom is -0.356 e. The standard InChI is InChI=1S/2C5H6Cl2N2.Au.NO3/c2*1-8-3-9(2)5(7)4(8)6;;2-1(3)4/h2*1-2H3;;/q;;+1;-1. The van der Waals surface area contributed by atoms with E-state index in [1.54, 1.807) is 0 Å². The second-order valence-corrected chi connectivity index (χ2v) is 8.08. The van der Waals surface area contributed by atoms with Crippen molar-refractivity contribution in [1.29, 1.82) is 0 Å². The molecule has 2 heterocycles. The van der Waals surface area contributed by atoms with E-state index in [1.165, 1.54) is 0 Å². The van der Waals surface area contributed by atoms with Gasteiger partial charge in [0.2, 0.25) is 0 Å². The number of nitrogens with zero attached hydrogens (tertiary/aromatic N) is 5. The van der Waals surface area contributed by atoms with Crippen LogP contribution >= 0.6 is 46.4 Å². The molecule has 0 spiro atoms. The summed E-state index contributed by atoms with van der Waals surface area (Å²) in [4.78, 5) is 8.25. The first kappa shape index (κ1) is 20.6. The third-order valence-electron chi connectivity index (χ3n) is 2.66. The maximum atomic E-state index is 8.25. The van der Waals surface area contributed by atoms with Crippen LogP contribution in [0.1, 0.15) is 0 Å². The molecule has 2 rings (SSSR count). The summed E-state index contributed by atoms with van der Waals surface area (Å²) in [5.74, 6) is 0. The summed E-state index contributed by atoms with van der Waals surface area (Å²) in [5.41, 5.74) is 0. The second-order valence-electron chi connectivity index (χ2n) is 4.17. The molecule has 2 aromatic rings. The third-order valence-corrected chi connectivity index (χ3v) is 8.46. The van der Waals surface area contributed by atoms with Crippen LogP contribution in [0.3, 0.4) is 0 Å². The van der Waals surface area contributed by atoms with Crippen molar-refractivity contribution in [3.63, 3.8) is 0 Å². The Bertz CT molecular complexity index is 778. The molecule has 134 valence electrons. The Morgan fingerprint density at radius 2 is 0.913 bits per heavy atom. The molecule has 0 saturated heterocycles. The fourth-order valence-electron chi connectivity index (χ4n) is 1.56. The average molecular weight is 589 g/mol. The Morgan fingerprint density at radius 1 is 0.739 bits per heavy atom. The van der Waals surface area contributed by atoms with Crippen LogP contribution in [0, 0.1) is 22.6 Å². The van der Waals surface area contributed by atoms with Crippen LogP contribution in [0.5, 0.6) is 0 Å². The van der Waals surface area contributed by atoms with Crippen LogP contribution in [0.2, 0.25) is 20.6 Å². The summed E-state index contributed by atoms with van der Waals surface area (Å²) in [7, 11) is 7.58. The molecule has 0 unspecified atom stereocenters. The second kappa shape index (κ2) is 8.06. The molecule has 2 aromatic heterocycles. The molecule has 0 aliphatic carbocycles. The number of rotatable bonds is 0. The predicted molar refractivity (Wildman–Crippen MR) is 85.7 cm³/mol. The van der Waals surface area contributed by atoms with Gasteiger partial charge >= 0.3 is 140 Å². The fraction of sp³-hybridized carbons (Fsp3) is 0.400. The minimum atomic E-state index is -1.75. The van der Waals surface area contributed by atoms with Crippen molar-refractivity contribution >= 4 is 46.4 Å². The first-order valence-corrected chi connectivity index (χ1v) is 9.36. The molecule has 0 aliphatic heterocycles. The number of hydrogen-bond donors (Lipinski definition) is 0. The van der Waals surface area contributed by atoms with E-state index in [9.17, 15) is 0 Å². The van der Waals surface area contributed by atoms with E-state index in [4.69, 9.17) is 61.7 Å². The van der Waals surface area contributed by atoms with Crippen LogP contribution in [0.15, 0.2) is 0 Å². The molecular formula is C10H12AuCl4N5O3. The van der Waals surface area contributed by atoms with E-state index in [0.717, 1.165) is 7.26 Å². The van der Waals surface area contributed by atoms with Crippen molar-refractivity contribution in [2.45, 2.75) is 0 Å². The molecule has 0 radical (unpaired) electrons.